The number of carbonyl (C=O) groups is 1. The van der Waals surface area contributed by atoms with Gasteiger partial charge in [-0.25, -0.2) is 9.89 Å². The summed E-state index contributed by atoms with van der Waals surface area (Å²) in [6, 6.07) is 15.5. The fourth-order valence-electron chi connectivity index (χ4n) is 2.98. The van der Waals surface area contributed by atoms with E-state index in [1.807, 2.05) is 62.4 Å². The van der Waals surface area contributed by atoms with Gasteiger partial charge in [0.1, 0.15) is 5.25 Å². The Hall–Kier alpha value is -2.80. The second-order valence-electron chi connectivity index (χ2n) is 7.03. The second kappa shape index (κ2) is 9.60. The average molecular weight is 411 g/mol. The molecule has 1 unspecified atom stereocenters. The first-order valence-corrected chi connectivity index (χ1v) is 10.6. The van der Waals surface area contributed by atoms with Gasteiger partial charge in [0.05, 0.1) is 0 Å². The van der Waals surface area contributed by atoms with Gasteiger partial charge in [0.2, 0.25) is 5.91 Å². The molecule has 2 aromatic carbocycles. The number of hydrogen-bond donors (Lipinski definition) is 2. The predicted molar refractivity (Wildman–Crippen MR) is 117 cm³/mol. The van der Waals surface area contributed by atoms with E-state index in [1.165, 1.54) is 11.8 Å². The van der Waals surface area contributed by atoms with Gasteiger partial charge >= 0.3 is 5.69 Å². The van der Waals surface area contributed by atoms with Crippen LogP contribution in [0.3, 0.4) is 0 Å². The number of aromatic nitrogens is 3. The zero-order valence-electron chi connectivity index (χ0n) is 16.9. The molecule has 1 amide bonds. The maximum atomic E-state index is 13.3. The first-order chi connectivity index (χ1) is 14.0. The average Bonchev–Trinajstić information content (AvgIpc) is 3.07. The number of benzene rings is 2. The molecule has 0 saturated heterocycles. The minimum atomic E-state index is -0.535. The van der Waals surface area contributed by atoms with Crippen LogP contribution in [0.2, 0.25) is 0 Å². The van der Waals surface area contributed by atoms with Crippen molar-refractivity contribution >= 4 is 23.4 Å². The number of rotatable bonds is 8. The number of unbranched alkanes of at least 4 members (excludes halogenated alkanes) is 1. The summed E-state index contributed by atoms with van der Waals surface area (Å²) in [5.74, 6) is -0.146. The zero-order valence-corrected chi connectivity index (χ0v) is 17.8. The van der Waals surface area contributed by atoms with Gasteiger partial charge in [-0.15, -0.1) is 5.10 Å². The van der Waals surface area contributed by atoms with Gasteiger partial charge in [-0.05, 0) is 43.0 Å². The first-order valence-electron chi connectivity index (χ1n) is 9.74. The smallest absolute Gasteiger partial charge is 0.325 e. The van der Waals surface area contributed by atoms with Crippen molar-refractivity contribution in [2.45, 2.75) is 50.6 Å². The van der Waals surface area contributed by atoms with E-state index in [0.29, 0.717) is 11.7 Å². The molecule has 0 aliphatic carbocycles. The lowest BCUT2D eigenvalue weighted by Crippen LogP contribution is -2.21. The lowest BCUT2D eigenvalue weighted by molar-refractivity contribution is -0.115. The van der Waals surface area contributed by atoms with E-state index in [1.54, 1.807) is 4.57 Å². The fraction of sp³-hybridized carbons (Fsp3) is 0.318. The zero-order chi connectivity index (χ0) is 20.8. The quantitative estimate of drug-likeness (QED) is 0.537. The highest BCUT2D eigenvalue weighted by Crippen LogP contribution is 2.35. The fourth-order valence-corrected chi connectivity index (χ4v) is 4.05. The van der Waals surface area contributed by atoms with Crippen molar-refractivity contribution < 1.29 is 4.79 Å². The monoisotopic (exact) mass is 410 g/mol. The molecule has 152 valence electrons. The molecule has 3 aromatic rings. The molecule has 29 heavy (non-hydrogen) atoms. The summed E-state index contributed by atoms with van der Waals surface area (Å²) < 4.78 is 1.61. The third-order valence-corrected chi connectivity index (χ3v) is 5.92. The highest BCUT2D eigenvalue weighted by Gasteiger charge is 2.25. The highest BCUT2D eigenvalue weighted by molar-refractivity contribution is 8.00. The van der Waals surface area contributed by atoms with Crippen molar-refractivity contribution in [3.05, 3.63) is 75.7 Å². The summed E-state index contributed by atoms with van der Waals surface area (Å²) in [5, 5.41) is 9.72. The molecule has 0 bridgehead atoms. The second-order valence-corrected chi connectivity index (χ2v) is 8.10. The van der Waals surface area contributed by atoms with Crippen molar-refractivity contribution in [3.8, 4) is 0 Å². The van der Waals surface area contributed by atoms with Gasteiger partial charge in [-0.3, -0.25) is 9.36 Å². The number of thioether (sulfide) groups is 1. The molecule has 1 aromatic heterocycles. The van der Waals surface area contributed by atoms with Gasteiger partial charge in [-0.1, -0.05) is 67.6 Å². The lowest BCUT2D eigenvalue weighted by Gasteiger charge is -2.18. The van der Waals surface area contributed by atoms with E-state index in [4.69, 9.17) is 0 Å². The van der Waals surface area contributed by atoms with Crippen LogP contribution in [0.5, 0.6) is 0 Å². The number of carbonyl (C=O) groups excluding carboxylic acids is 1. The van der Waals surface area contributed by atoms with E-state index in [9.17, 15) is 9.59 Å². The standard InChI is InChI=1S/C22H26N4O2S/c1-4-5-13-26-21(28)24-25-22(26)29-19(17-9-7-6-8-10-17)20(27)23-18-14-15(2)11-12-16(18)3/h6-12,14,19H,4-5,13H2,1-3H3,(H,23,27)(H,24,28). The van der Waals surface area contributed by atoms with Crippen molar-refractivity contribution in [1.82, 2.24) is 14.8 Å². The van der Waals surface area contributed by atoms with Gasteiger partial charge in [0, 0.05) is 12.2 Å². The molecule has 7 heteroatoms. The summed E-state index contributed by atoms with van der Waals surface area (Å²) in [7, 11) is 0. The van der Waals surface area contributed by atoms with Crippen LogP contribution in [0.25, 0.3) is 0 Å². The summed E-state index contributed by atoms with van der Waals surface area (Å²) in [5.41, 5.74) is 3.48. The van der Waals surface area contributed by atoms with Crippen molar-refractivity contribution in [2.24, 2.45) is 0 Å². The predicted octanol–water partition coefficient (Wildman–Crippen LogP) is 4.46. The Morgan fingerprint density at radius 1 is 1.21 bits per heavy atom. The number of hydrogen-bond acceptors (Lipinski definition) is 4. The summed E-state index contributed by atoms with van der Waals surface area (Å²) in [6.45, 7) is 6.61. The van der Waals surface area contributed by atoms with Crippen molar-refractivity contribution in [3.63, 3.8) is 0 Å². The SMILES string of the molecule is CCCCn1c(SC(C(=O)Nc2cc(C)ccc2C)c2ccccc2)n[nH]c1=O. The first kappa shape index (κ1) is 20.9. The van der Waals surface area contributed by atoms with E-state index in [0.717, 1.165) is 35.2 Å². The van der Waals surface area contributed by atoms with Crippen LogP contribution < -0.4 is 11.0 Å². The molecule has 1 heterocycles. The topological polar surface area (TPSA) is 79.8 Å². The molecular weight excluding hydrogens is 384 g/mol. The summed E-state index contributed by atoms with van der Waals surface area (Å²) >= 11 is 1.29. The molecule has 0 aliphatic rings. The van der Waals surface area contributed by atoms with E-state index < -0.39 is 5.25 Å². The Balaban J connectivity index is 1.91. The summed E-state index contributed by atoms with van der Waals surface area (Å²) in [6.07, 6.45) is 1.84. The third kappa shape index (κ3) is 5.17. The van der Waals surface area contributed by atoms with Gasteiger partial charge in [0.15, 0.2) is 5.16 Å². The number of amides is 1. The van der Waals surface area contributed by atoms with Gasteiger partial charge < -0.3 is 5.32 Å². The van der Waals surface area contributed by atoms with Crippen LogP contribution >= 0.6 is 11.8 Å². The van der Waals surface area contributed by atoms with E-state index in [-0.39, 0.29) is 11.6 Å². The Morgan fingerprint density at radius 3 is 2.69 bits per heavy atom. The highest BCUT2D eigenvalue weighted by atomic mass is 32.2. The van der Waals surface area contributed by atoms with E-state index in [2.05, 4.69) is 22.4 Å². The number of nitrogens with zero attached hydrogens (tertiary/aromatic N) is 2. The van der Waals surface area contributed by atoms with Crippen LogP contribution in [0.1, 0.15) is 41.7 Å². The molecule has 3 rings (SSSR count). The molecule has 6 nitrogen and oxygen atoms in total. The molecule has 0 saturated carbocycles. The minimum Gasteiger partial charge on any atom is -0.325 e. The number of nitrogens with one attached hydrogen (secondary N) is 2. The Kier molecular flexibility index (Phi) is 6.93. The molecule has 0 aliphatic heterocycles. The lowest BCUT2D eigenvalue weighted by atomic mass is 10.1. The normalized spacial score (nSPS) is 12.0. The minimum absolute atomic E-state index is 0.146. The molecule has 2 N–H and O–H groups in total. The molecule has 1 atom stereocenters. The Morgan fingerprint density at radius 2 is 1.97 bits per heavy atom. The van der Waals surface area contributed by atoms with E-state index >= 15 is 0 Å². The van der Waals surface area contributed by atoms with Crippen LogP contribution in [0.15, 0.2) is 58.5 Å². The number of aromatic amines is 1. The van der Waals surface area contributed by atoms with Crippen LogP contribution in [-0.2, 0) is 11.3 Å². The Labute approximate surface area is 174 Å². The molecule has 0 spiro atoms. The Bertz CT molecular complexity index is 1030. The largest absolute Gasteiger partial charge is 0.343 e. The molecule has 0 radical (unpaired) electrons. The number of anilines is 1. The number of aryl methyl sites for hydroxylation is 2. The van der Waals surface area contributed by atoms with Crippen LogP contribution in [-0.4, -0.2) is 20.7 Å². The van der Waals surface area contributed by atoms with Crippen molar-refractivity contribution in [1.29, 1.82) is 0 Å². The van der Waals surface area contributed by atoms with Gasteiger partial charge in [0.25, 0.3) is 0 Å². The van der Waals surface area contributed by atoms with Gasteiger partial charge in [-0.2, -0.15) is 0 Å². The maximum absolute atomic E-state index is 13.3. The van der Waals surface area contributed by atoms with Crippen molar-refractivity contribution in [2.75, 3.05) is 5.32 Å². The number of H-pyrrole nitrogens is 1. The van der Waals surface area contributed by atoms with Crippen LogP contribution in [0, 0.1) is 13.8 Å². The molecular formula is C22H26N4O2S. The maximum Gasteiger partial charge on any atom is 0.343 e. The van der Waals surface area contributed by atoms with Crippen LogP contribution in [0.4, 0.5) is 5.69 Å². The summed E-state index contributed by atoms with van der Waals surface area (Å²) in [4.78, 5) is 25.4. The third-order valence-electron chi connectivity index (χ3n) is 4.67. The molecule has 0 fully saturated rings.